The van der Waals surface area contributed by atoms with Crippen molar-refractivity contribution >= 4 is 23.7 Å². The van der Waals surface area contributed by atoms with Crippen molar-refractivity contribution in [3.63, 3.8) is 0 Å². The lowest BCUT2D eigenvalue weighted by molar-refractivity contribution is -0.219. The van der Waals surface area contributed by atoms with Gasteiger partial charge in [-0.2, -0.15) is 18.3 Å². The Kier molecular flexibility index (Phi) is 9.96. The lowest BCUT2D eigenvalue weighted by Gasteiger charge is -2.34. The SMILES string of the molecule is CC.Cc1nn(C)c(C)c1SNC(=O)c1ccc(-n2ccc(OCC(C)(C)C(F)(F)F)n2)nc1N1CC(C)CC1(C)C. The predicted molar refractivity (Wildman–Crippen MR) is 159 cm³/mol. The van der Waals surface area contributed by atoms with Crippen LogP contribution in [-0.2, 0) is 7.05 Å². The lowest BCUT2D eigenvalue weighted by Crippen LogP contribution is -2.40. The molecule has 4 heterocycles. The first-order valence-corrected chi connectivity index (χ1v) is 14.8. The van der Waals surface area contributed by atoms with Crippen LogP contribution < -0.4 is 14.4 Å². The summed E-state index contributed by atoms with van der Waals surface area (Å²) in [6.45, 7) is 16.5. The number of anilines is 1. The average Bonchev–Trinajstić information content (AvgIpc) is 3.56. The van der Waals surface area contributed by atoms with Crippen LogP contribution in [0.2, 0.25) is 0 Å². The first kappa shape index (κ1) is 33.3. The Morgan fingerprint density at radius 1 is 1.17 bits per heavy atom. The molecule has 0 bridgehead atoms. The minimum absolute atomic E-state index is 0.0521. The molecule has 3 aromatic heterocycles. The number of pyridine rings is 1. The number of nitrogens with one attached hydrogen (secondary N) is 1. The fraction of sp³-hybridized carbons (Fsp3) is 0.586. The van der Waals surface area contributed by atoms with E-state index in [1.165, 1.54) is 22.7 Å². The lowest BCUT2D eigenvalue weighted by atomic mass is 9.94. The van der Waals surface area contributed by atoms with Gasteiger partial charge in [0.2, 0.25) is 5.88 Å². The third kappa shape index (κ3) is 7.04. The van der Waals surface area contributed by atoms with Crippen LogP contribution in [0.5, 0.6) is 5.88 Å². The molecule has 1 aliphatic heterocycles. The molecule has 9 nitrogen and oxygen atoms in total. The Morgan fingerprint density at radius 3 is 2.38 bits per heavy atom. The van der Waals surface area contributed by atoms with Crippen molar-refractivity contribution in [3.8, 4) is 11.7 Å². The maximum atomic E-state index is 13.5. The first-order valence-electron chi connectivity index (χ1n) is 14.0. The summed E-state index contributed by atoms with van der Waals surface area (Å²) in [6, 6.07) is 4.85. The molecule has 1 atom stereocenters. The van der Waals surface area contributed by atoms with Gasteiger partial charge < -0.3 is 9.64 Å². The number of aryl methyl sites for hydroxylation is 2. The molecule has 0 saturated carbocycles. The van der Waals surface area contributed by atoms with Crippen LogP contribution in [0.15, 0.2) is 29.3 Å². The highest BCUT2D eigenvalue weighted by atomic mass is 32.2. The Bertz CT molecular complexity index is 1400. The van der Waals surface area contributed by atoms with Gasteiger partial charge in [-0.3, -0.25) is 14.2 Å². The third-order valence-corrected chi connectivity index (χ3v) is 8.35. The molecule has 4 rings (SSSR count). The summed E-state index contributed by atoms with van der Waals surface area (Å²) in [5.74, 6) is 1.08. The fourth-order valence-electron chi connectivity index (χ4n) is 4.81. The highest BCUT2D eigenvalue weighted by molar-refractivity contribution is 7.98. The first-order chi connectivity index (χ1) is 19.5. The van der Waals surface area contributed by atoms with Crippen LogP contribution >= 0.6 is 11.9 Å². The van der Waals surface area contributed by atoms with Crippen molar-refractivity contribution in [2.75, 3.05) is 18.1 Å². The molecule has 1 amide bonds. The number of alkyl halides is 3. The largest absolute Gasteiger partial charge is 0.476 e. The van der Waals surface area contributed by atoms with Gasteiger partial charge in [0.05, 0.1) is 27.3 Å². The Labute approximate surface area is 250 Å². The minimum Gasteiger partial charge on any atom is -0.476 e. The monoisotopic (exact) mass is 609 g/mol. The number of ether oxygens (including phenoxy) is 1. The molecule has 3 aromatic rings. The second-order valence-corrected chi connectivity index (χ2v) is 12.5. The van der Waals surface area contributed by atoms with E-state index in [9.17, 15) is 18.0 Å². The van der Waals surface area contributed by atoms with Gasteiger partial charge in [-0.15, -0.1) is 5.10 Å². The Balaban J connectivity index is 0.00000237. The summed E-state index contributed by atoms with van der Waals surface area (Å²) in [5, 5.41) is 8.69. The van der Waals surface area contributed by atoms with Crippen LogP contribution in [0.3, 0.4) is 0 Å². The Hall–Kier alpha value is -3.22. The second kappa shape index (κ2) is 12.6. The third-order valence-electron chi connectivity index (χ3n) is 7.27. The minimum atomic E-state index is -4.41. The van der Waals surface area contributed by atoms with Crippen molar-refractivity contribution in [2.45, 2.75) is 85.3 Å². The molecule has 13 heteroatoms. The molecule has 0 radical (unpaired) electrons. The molecular formula is C29H42F3N7O2S. The molecule has 1 unspecified atom stereocenters. The van der Waals surface area contributed by atoms with Gasteiger partial charge in [-0.05, 0) is 78.0 Å². The van der Waals surface area contributed by atoms with Crippen molar-refractivity contribution in [2.24, 2.45) is 18.4 Å². The Morgan fingerprint density at radius 2 is 1.83 bits per heavy atom. The van der Waals surface area contributed by atoms with Gasteiger partial charge in [0.15, 0.2) is 5.82 Å². The molecule has 1 fully saturated rings. The van der Waals surface area contributed by atoms with Crippen LogP contribution in [-0.4, -0.2) is 55.3 Å². The van der Waals surface area contributed by atoms with Gasteiger partial charge in [0.25, 0.3) is 5.91 Å². The number of carbonyl (C=O) groups excluding carboxylic acids is 1. The quantitative estimate of drug-likeness (QED) is 0.285. The summed E-state index contributed by atoms with van der Waals surface area (Å²) in [4.78, 5) is 21.3. The molecule has 0 aromatic carbocycles. The number of halogens is 3. The topological polar surface area (TPSA) is 90.1 Å². The standard InChI is InChI=1S/C27H36F3N7O2S.C2H6/c1-16-13-26(6,7)36(14-16)23-19(24(38)34-40-22-17(2)32-35(8)18(22)3)9-10-20(31-23)37-12-11-21(33-37)39-15-25(4,5)27(28,29)30;1-2/h9-12,16H,13-15H2,1-8H3,(H,34,38);1-2H3. The number of aromatic nitrogens is 5. The zero-order valence-electron chi connectivity index (χ0n) is 26.0. The molecule has 1 N–H and O–H groups in total. The highest BCUT2D eigenvalue weighted by Crippen LogP contribution is 2.39. The van der Waals surface area contributed by atoms with Crippen LogP contribution in [0, 0.1) is 25.2 Å². The molecule has 1 saturated heterocycles. The molecule has 0 aliphatic carbocycles. The number of rotatable bonds is 8. The predicted octanol–water partition coefficient (Wildman–Crippen LogP) is 6.67. The van der Waals surface area contributed by atoms with Gasteiger partial charge in [0, 0.05) is 31.4 Å². The normalized spacial score (nSPS) is 16.7. The average molecular weight is 610 g/mol. The number of amides is 1. The number of carbonyl (C=O) groups is 1. The van der Waals surface area contributed by atoms with Crippen molar-refractivity contribution < 1.29 is 22.7 Å². The summed E-state index contributed by atoms with van der Waals surface area (Å²) in [5.41, 5.74) is -0.0934. The second-order valence-electron chi connectivity index (χ2n) is 11.7. The van der Waals surface area contributed by atoms with Crippen LogP contribution in [0.25, 0.3) is 5.82 Å². The summed E-state index contributed by atoms with van der Waals surface area (Å²) in [7, 11) is 1.86. The van der Waals surface area contributed by atoms with Crippen molar-refractivity contribution in [1.29, 1.82) is 0 Å². The van der Waals surface area contributed by atoms with Crippen LogP contribution in [0.4, 0.5) is 19.0 Å². The van der Waals surface area contributed by atoms with E-state index < -0.39 is 18.2 Å². The number of hydrogen-bond acceptors (Lipinski definition) is 7. The van der Waals surface area contributed by atoms with Crippen LogP contribution in [0.1, 0.15) is 76.6 Å². The van der Waals surface area contributed by atoms with Gasteiger partial charge in [-0.25, -0.2) is 9.67 Å². The zero-order valence-corrected chi connectivity index (χ0v) is 26.9. The summed E-state index contributed by atoms with van der Waals surface area (Å²) >= 11 is 1.22. The molecule has 0 spiro atoms. The molecule has 1 aliphatic rings. The summed E-state index contributed by atoms with van der Waals surface area (Å²) < 4.78 is 51.2. The van der Waals surface area contributed by atoms with Gasteiger partial charge in [-0.1, -0.05) is 20.8 Å². The van der Waals surface area contributed by atoms with E-state index in [0.717, 1.165) is 43.1 Å². The van der Waals surface area contributed by atoms with Crippen molar-refractivity contribution in [3.05, 3.63) is 41.3 Å². The molecule has 232 valence electrons. The van der Waals surface area contributed by atoms with E-state index in [-0.39, 0.29) is 17.3 Å². The highest BCUT2D eigenvalue weighted by Gasteiger charge is 2.48. The molecular weight excluding hydrogens is 567 g/mol. The molecule has 42 heavy (non-hydrogen) atoms. The number of nitrogens with zero attached hydrogens (tertiary/aromatic N) is 6. The van der Waals surface area contributed by atoms with E-state index in [0.29, 0.717) is 23.1 Å². The fourth-order valence-corrected chi connectivity index (χ4v) is 5.58. The smallest absolute Gasteiger partial charge is 0.397 e. The van der Waals surface area contributed by atoms with E-state index in [1.807, 2.05) is 34.7 Å². The maximum absolute atomic E-state index is 13.5. The van der Waals surface area contributed by atoms with E-state index >= 15 is 0 Å². The zero-order chi connectivity index (χ0) is 31.6. The van der Waals surface area contributed by atoms with Gasteiger partial charge >= 0.3 is 6.18 Å². The summed E-state index contributed by atoms with van der Waals surface area (Å²) in [6.07, 6.45) is -1.91. The maximum Gasteiger partial charge on any atom is 0.397 e. The van der Waals surface area contributed by atoms with Crippen molar-refractivity contribution in [1.82, 2.24) is 29.3 Å². The van der Waals surface area contributed by atoms with E-state index in [1.54, 1.807) is 23.0 Å². The number of hydrogen-bond donors (Lipinski definition) is 1. The van der Waals surface area contributed by atoms with E-state index in [4.69, 9.17) is 9.72 Å². The van der Waals surface area contributed by atoms with Gasteiger partial charge in [0.1, 0.15) is 12.4 Å². The van der Waals surface area contributed by atoms with E-state index in [2.05, 4.69) is 40.6 Å².